The molecule has 3 rings (SSSR count). The quantitative estimate of drug-likeness (QED) is 0.614. The summed E-state index contributed by atoms with van der Waals surface area (Å²) in [5, 5.41) is 15.0. The number of carbonyl (C=O) groups excluding carboxylic acids is 1. The number of piperidine rings is 1. The Morgan fingerprint density at radius 1 is 1.31 bits per heavy atom. The van der Waals surface area contributed by atoms with Gasteiger partial charge in [0.1, 0.15) is 0 Å². The summed E-state index contributed by atoms with van der Waals surface area (Å²) in [6.45, 7) is 4.82. The van der Waals surface area contributed by atoms with Crippen LogP contribution in [0.15, 0.2) is 35.7 Å². The normalized spacial score (nSPS) is 17.8. The summed E-state index contributed by atoms with van der Waals surface area (Å²) in [5.74, 6) is -0.291. The molecule has 1 saturated heterocycles. The van der Waals surface area contributed by atoms with Crippen molar-refractivity contribution in [3.05, 3.63) is 62.5 Å². The van der Waals surface area contributed by atoms with Gasteiger partial charge >= 0.3 is 5.00 Å². The van der Waals surface area contributed by atoms with Crippen molar-refractivity contribution in [2.24, 2.45) is 0 Å². The molecule has 0 spiro atoms. The fourth-order valence-electron chi connectivity index (χ4n) is 3.21. The van der Waals surface area contributed by atoms with Crippen molar-refractivity contribution in [1.29, 1.82) is 0 Å². The Bertz CT molecular complexity index is 773. The van der Waals surface area contributed by atoms with Crippen LogP contribution in [0.1, 0.15) is 47.7 Å². The number of rotatable bonds is 6. The lowest BCUT2D eigenvalue weighted by molar-refractivity contribution is -0.380. The second kappa shape index (κ2) is 8.42. The van der Waals surface area contributed by atoms with Crippen LogP contribution < -0.4 is 5.32 Å². The minimum atomic E-state index is -0.483. The monoisotopic (exact) mass is 373 g/mol. The number of amides is 1. The Morgan fingerprint density at radius 2 is 2.04 bits per heavy atom. The van der Waals surface area contributed by atoms with E-state index in [0.717, 1.165) is 30.0 Å². The number of likely N-dealkylation sites (tertiary alicyclic amines) is 1. The highest BCUT2D eigenvalue weighted by atomic mass is 32.1. The van der Waals surface area contributed by atoms with E-state index in [0.29, 0.717) is 18.2 Å². The molecular formula is C19H23N3O3S. The lowest BCUT2D eigenvalue weighted by Crippen LogP contribution is -2.36. The summed E-state index contributed by atoms with van der Waals surface area (Å²) in [6, 6.07) is 10.2. The fraction of sp³-hybridized carbons (Fsp3) is 0.421. The molecule has 7 heteroatoms. The highest BCUT2D eigenvalue weighted by molar-refractivity contribution is 7.13. The van der Waals surface area contributed by atoms with Crippen molar-refractivity contribution in [3.8, 4) is 0 Å². The van der Waals surface area contributed by atoms with Crippen LogP contribution in [0.3, 0.4) is 0 Å². The number of benzene rings is 1. The van der Waals surface area contributed by atoms with Crippen LogP contribution in [0, 0.1) is 10.1 Å². The Labute approximate surface area is 157 Å². The van der Waals surface area contributed by atoms with E-state index < -0.39 is 4.92 Å². The molecule has 0 bridgehead atoms. The molecule has 0 aliphatic carbocycles. The van der Waals surface area contributed by atoms with Gasteiger partial charge in [-0.1, -0.05) is 42.0 Å². The molecule has 26 heavy (non-hydrogen) atoms. The van der Waals surface area contributed by atoms with Crippen LogP contribution >= 0.6 is 11.3 Å². The van der Waals surface area contributed by atoms with Gasteiger partial charge in [-0.3, -0.25) is 19.8 Å². The third-order valence-electron chi connectivity index (χ3n) is 4.83. The molecule has 6 nitrogen and oxygen atoms in total. The van der Waals surface area contributed by atoms with Gasteiger partial charge in [0.05, 0.1) is 10.5 Å². The van der Waals surface area contributed by atoms with Crippen LogP contribution in [0.25, 0.3) is 0 Å². The van der Waals surface area contributed by atoms with E-state index in [1.165, 1.54) is 36.3 Å². The summed E-state index contributed by atoms with van der Waals surface area (Å²) >= 11 is 0.962. The number of carbonyl (C=O) groups is 1. The topological polar surface area (TPSA) is 75.5 Å². The van der Waals surface area contributed by atoms with Gasteiger partial charge < -0.3 is 5.32 Å². The average molecular weight is 373 g/mol. The largest absolute Gasteiger partial charge is 0.348 e. The molecule has 0 saturated carbocycles. The zero-order chi connectivity index (χ0) is 18.5. The summed E-state index contributed by atoms with van der Waals surface area (Å²) in [4.78, 5) is 24.8. The predicted molar refractivity (Wildman–Crippen MR) is 102 cm³/mol. The van der Waals surface area contributed by atoms with E-state index >= 15 is 0 Å². The first-order valence-electron chi connectivity index (χ1n) is 8.86. The Hall–Kier alpha value is -2.25. The maximum Gasteiger partial charge on any atom is 0.324 e. The first kappa shape index (κ1) is 18.5. The third-order valence-corrected chi connectivity index (χ3v) is 5.71. The van der Waals surface area contributed by atoms with Gasteiger partial charge in [0, 0.05) is 30.6 Å². The van der Waals surface area contributed by atoms with Gasteiger partial charge in [-0.25, -0.2) is 0 Å². The van der Waals surface area contributed by atoms with Crippen LogP contribution in [0.4, 0.5) is 5.00 Å². The molecule has 1 amide bonds. The van der Waals surface area contributed by atoms with Crippen LogP contribution in [0.5, 0.6) is 0 Å². The number of nitro groups is 1. The number of hydrogen-bond donors (Lipinski definition) is 1. The average Bonchev–Trinajstić information content (AvgIpc) is 3.13. The molecule has 1 N–H and O–H groups in total. The van der Waals surface area contributed by atoms with E-state index in [2.05, 4.69) is 29.3 Å². The highest BCUT2D eigenvalue weighted by Gasteiger charge is 2.18. The zero-order valence-corrected chi connectivity index (χ0v) is 15.6. The van der Waals surface area contributed by atoms with Crippen LogP contribution in [-0.2, 0) is 13.1 Å². The van der Waals surface area contributed by atoms with Crippen molar-refractivity contribution in [2.45, 2.75) is 45.3 Å². The number of nitrogens with one attached hydrogen (secondary N) is 1. The minimum absolute atomic E-state index is 0.0218. The van der Waals surface area contributed by atoms with Gasteiger partial charge in [0.2, 0.25) is 0 Å². The molecule has 0 radical (unpaired) electrons. The number of thiophene rings is 1. The Kier molecular flexibility index (Phi) is 6.00. The second-order valence-electron chi connectivity index (χ2n) is 6.75. The first-order chi connectivity index (χ1) is 12.5. The second-order valence-corrected chi connectivity index (χ2v) is 7.63. The molecule has 138 valence electrons. The summed E-state index contributed by atoms with van der Waals surface area (Å²) in [5.41, 5.74) is 2.62. The number of hydrogen-bond acceptors (Lipinski definition) is 5. The molecule has 2 heterocycles. The van der Waals surface area contributed by atoms with Crippen molar-refractivity contribution >= 4 is 22.2 Å². The fourth-order valence-corrected chi connectivity index (χ4v) is 3.92. The maximum atomic E-state index is 12.1. The molecular weight excluding hydrogens is 350 g/mol. The van der Waals surface area contributed by atoms with Crippen LogP contribution in [-0.4, -0.2) is 28.3 Å². The van der Waals surface area contributed by atoms with E-state index in [9.17, 15) is 14.9 Å². The summed E-state index contributed by atoms with van der Waals surface area (Å²) in [7, 11) is 0. The van der Waals surface area contributed by atoms with Crippen LogP contribution in [0.2, 0.25) is 0 Å². The van der Waals surface area contributed by atoms with Crippen molar-refractivity contribution < 1.29 is 9.72 Å². The van der Waals surface area contributed by atoms with E-state index in [4.69, 9.17) is 0 Å². The standard InChI is InChI=1S/C19H23N3O3S/c1-14-4-2-3-9-21(14)12-16-7-5-15(6-8-16)11-20-19(23)17-10-18(22(24)25)26-13-17/h5-8,10,13-14H,2-4,9,11-12H2,1H3,(H,20,23). The molecule has 1 fully saturated rings. The van der Waals surface area contributed by atoms with Gasteiger partial charge in [-0.05, 0) is 37.4 Å². The molecule has 1 atom stereocenters. The highest BCUT2D eigenvalue weighted by Crippen LogP contribution is 2.22. The van der Waals surface area contributed by atoms with Crippen molar-refractivity contribution in [1.82, 2.24) is 10.2 Å². The Morgan fingerprint density at radius 3 is 2.69 bits per heavy atom. The summed E-state index contributed by atoms with van der Waals surface area (Å²) in [6.07, 6.45) is 3.86. The van der Waals surface area contributed by atoms with E-state index in [1.807, 2.05) is 12.1 Å². The van der Waals surface area contributed by atoms with Gasteiger partial charge in [-0.15, -0.1) is 0 Å². The van der Waals surface area contributed by atoms with E-state index in [1.54, 1.807) is 0 Å². The lowest BCUT2D eigenvalue weighted by atomic mass is 10.0. The first-order valence-corrected chi connectivity index (χ1v) is 9.74. The summed E-state index contributed by atoms with van der Waals surface area (Å²) < 4.78 is 0. The van der Waals surface area contributed by atoms with Crippen molar-refractivity contribution in [3.63, 3.8) is 0 Å². The minimum Gasteiger partial charge on any atom is -0.348 e. The SMILES string of the molecule is CC1CCCCN1Cc1ccc(CNC(=O)c2csc([N+](=O)[O-])c2)cc1. The maximum absolute atomic E-state index is 12.1. The van der Waals surface area contributed by atoms with Crippen molar-refractivity contribution in [2.75, 3.05) is 6.54 Å². The molecule has 1 aromatic heterocycles. The molecule has 1 aliphatic heterocycles. The molecule has 1 unspecified atom stereocenters. The van der Waals surface area contributed by atoms with Gasteiger partial charge in [0.25, 0.3) is 5.91 Å². The molecule has 2 aromatic rings. The molecule has 1 aromatic carbocycles. The predicted octanol–water partition coefficient (Wildman–Crippen LogP) is 3.96. The van der Waals surface area contributed by atoms with Gasteiger partial charge in [0.15, 0.2) is 0 Å². The molecule has 1 aliphatic rings. The van der Waals surface area contributed by atoms with Gasteiger partial charge in [-0.2, -0.15) is 0 Å². The number of nitrogens with zero attached hydrogens (tertiary/aromatic N) is 2. The van der Waals surface area contributed by atoms with E-state index in [-0.39, 0.29) is 10.9 Å². The third kappa shape index (κ3) is 4.68. The lowest BCUT2D eigenvalue weighted by Gasteiger charge is -2.33. The zero-order valence-electron chi connectivity index (χ0n) is 14.8. The smallest absolute Gasteiger partial charge is 0.324 e. The Balaban J connectivity index is 1.52.